The van der Waals surface area contributed by atoms with Crippen LogP contribution < -0.4 is 5.32 Å². The lowest BCUT2D eigenvalue weighted by Crippen LogP contribution is -2.34. The van der Waals surface area contributed by atoms with Crippen LogP contribution in [0.5, 0.6) is 0 Å². The van der Waals surface area contributed by atoms with E-state index in [1.54, 1.807) is 7.11 Å². The molecule has 1 N–H and O–H groups in total. The third-order valence-corrected chi connectivity index (χ3v) is 3.94. The first kappa shape index (κ1) is 13.6. The van der Waals surface area contributed by atoms with Crippen molar-refractivity contribution < 1.29 is 4.74 Å². The van der Waals surface area contributed by atoms with Crippen molar-refractivity contribution in [1.82, 2.24) is 5.32 Å². The molecule has 0 heterocycles. The van der Waals surface area contributed by atoms with Gasteiger partial charge < -0.3 is 10.1 Å². The maximum Gasteiger partial charge on any atom is 0.0657 e. The molecule has 1 aliphatic rings. The molecule has 0 aliphatic heterocycles. The highest BCUT2D eigenvalue weighted by Gasteiger charge is 2.32. The van der Waals surface area contributed by atoms with Crippen molar-refractivity contribution in [3.63, 3.8) is 0 Å². The number of ether oxygens (including phenoxy) is 1. The summed E-state index contributed by atoms with van der Waals surface area (Å²) in [4.78, 5) is 0. The van der Waals surface area contributed by atoms with Crippen molar-refractivity contribution in [3.05, 3.63) is 35.9 Å². The molecule has 2 nitrogen and oxygen atoms in total. The van der Waals surface area contributed by atoms with E-state index >= 15 is 0 Å². The average Bonchev–Trinajstić information content (AvgIpc) is 2.69. The van der Waals surface area contributed by atoms with Crippen LogP contribution in [0.15, 0.2) is 30.3 Å². The van der Waals surface area contributed by atoms with E-state index in [0.717, 1.165) is 6.61 Å². The van der Waals surface area contributed by atoms with Gasteiger partial charge in [0.2, 0.25) is 0 Å². The lowest BCUT2D eigenvalue weighted by Gasteiger charge is -2.24. The minimum atomic E-state index is 0.315. The second kappa shape index (κ2) is 5.85. The zero-order chi connectivity index (χ0) is 13.0. The highest BCUT2D eigenvalue weighted by atomic mass is 16.5. The minimum absolute atomic E-state index is 0.315. The third-order valence-electron chi connectivity index (χ3n) is 3.94. The van der Waals surface area contributed by atoms with E-state index in [2.05, 4.69) is 49.5 Å². The quantitative estimate of drug-likeness (QED) is 0.859. The van der Waals surface area contributed by atoms with Crippen molar-refractivity contribution in [1.29, 1.82) is 0 Å². The largest absolute Gasteiger partial charge is 0.383 e. The molecule has 18 heavy (non-hydrogen) atoms. The van der Waals surface area contributed by atoms with Crippen LogP contribution >= 0.6 is 0 Å². The molecule has 2 atom stereocenters. The summed E-state index contributed by atoms with van der Waals surface area (Å²) in [6, 6.07) is 11.5. The molecule has 0 radical (unpaired) electrons. The van der Waals surface area contributed by atoms with Crippen LogP contribution in [0.2, 0.25) is 0 Å². The first-order valence-electron chi connectivity index (χ1n) is 6.91. The van der Waals surface area contributed by atoms with E-state index in [4.69, 9.17) is 4.74 Å². The summed E-state index contributed by atoms with van der Waals surface area (Å²) in [5.41, 5.74) is 1.82. The van der Waals surface area contributed by atoms with Crippen LogP contribution in [-0.4, -0.2) is 19.8 Å². The summed E-state index contributed by atoms with van der Waals surface area (Å²) in [5, 5.41) is 3.76. The predicted molar refractivity (Wildman–Crippen MR) is 75.6 cm³/mol. The van der Waals surface area contributed by atoms with E-state index in [9.17, 15) is 0 Å². The molecule has 0 saturated heterocycles. The van der Waals surface area contributed by atoms with Crippen molar-refractivity contribution >= 4 is 0 Å². The Morgan fingerprint density at radius 2 is 2.06 bits per heavy atom. The Balaban J connectivity index is 1.99. The topological polar surface area (TPSA) is 21.3 Å². The number of nitrogens with one attached hydrogen (secondary N) is 1. The number of rotatable bonds is 5. The molecule has 2 unspecified atom stereocenters. The van der Waals surface area contributed by atoms with Crippen LogP contribution in [0.4, 0.5) is 0 Å². The van der Waals surface area contributed by atoms with Gasteiger partial charge in [0.1, 0.15) is 0 Å². The lowest BCUT2D eigenvalue weighted by atomic mass is 9.91. The Morgan fingerprint density at radius 3 is 2.61 bits per heavy atom. The molecule has 0 amide bonds. The van der Waals surface area contributed by atoms with Crippen molar-refractivity contribution in [2.45, 2.75) is 45.2 Å². The summed E-state index contributed by atoms with van der Waals surface area (Å²) < 4.78 is 5.36. The zero-order valence-corrected chi connectivity index (χ0v) is 11.8. The maximum absolute atomic E-state index is 5.36. The summed E-state index contributed by atoms with van der Waals surface area (Å²) in [6.07, 6.45) is 3.86. The van der Waals surface area contributed by atoms with E-state index in [1.165, 1.54) is 24.8 Å². The predicted octanol–water partition coefficient (Wildman–Crippen LogP) is 3.54. The van der Waals surface area contributed by atoms with Gasteiger partial charge in [0.25, 0.3) is 0 Å². The van der Waals surface area contributed by atoms with Gasteiger partial charge >= 0.3 is 0 Å². The Kier molecular flexibility index (Phi) is 4.41. The molecule has 2 heteroatoms. The van der Waals surface area contributed by atoms with Crippen LogP contribution in [0.3, 0.4) is 0 Å². The summed E-state index contributed by atoms with van der Waals surface area (Å²) in [5.74, 6) is 0. The summed E-state index contributed by atoms with van der Waals surface area (Å²) in [7, 11) is 1.77. The fourth-order valence-electron chi connectivity index (χ4n) is 2.96. The van der Waals surface area contributed by atoms with Crippen LogP contribution in [-0.2, 0) is 4.74 Å². The van der Waals surface area contributed by atoms with Gasteiger partial charge in [-0.05, 0) is 30.2 Å². The first-order valence-corrected chi connectivity index (χ1v) is 6.91. The molecule has 1 aromatic carbocycles. The zero-order valence-electron chi connectivity index (χ0n) is 11.8. The van der Waals surface area contributed by atoms with E-state index in [1.807, 2.05) is 0 Å². The lowest BCUT2D eigenvalue weighted by molar-refractivity contribution is 0.160. The van der Waals surface area contributed by atoms with Crippen molar-refractivity contribution in [3.8, 4) is 0 Å². The molecule has 0 spiro atoms. The van der Waals surface area contributed by atoms with E-state index in [-0.39, 0.29) is 0 Å². The van der Waals surface area contributed by atoms with Gasteiger partial charge in [0, 0.05) is 13.2 Å². The average molecular weight is 247 g/mol. The fraction of sp³-hybridized carbons (Fsp3) is 0.625. The van der Waals surface area contributed by atoms with Crippen molar-refractivity contribution in [2.75, 3.05) is 13.7 Å². The van der Waals surface area contributed by atoms with Crippen molar-refractivity contribution in [2.24, 2.45) is 5.41 Å². The second-order valence-corrected chi connectivity index (χ2v) is 6.19. The Morgan fingerprint density at radius 1 is 1.33 bits per heavy atom. The standard InChI is InChI=1S/C16H25NO/c1-16(2)10-9-14(11-16)17-15(12-18-3)13-7-5-4-6-8-13/h4-8,14-15,17H,9-12H2,1-3H3. The normalized spacial score (nSPS) is 24.1. The van der Waals surface area contributed by atoms with Gasteiger partial charge in [0.05, 0.1) is 12.6 Å². The van der Waals surface area contributed by atoms with Gasteiger partial charge in [-0.15, -0.1) is 0 Å². The number of hydrogen-bond donors (Lipinski definition) is 1. The SMILES string of the molecule is COCC(NC1CCC(C)(C)C1)c1ccccc1. The maximum atomic E-state index is 5.36. The fourth-order valence-corrected chi connectivity index (χ4v) is 2.96. The summed E-state index contributed by atoms with van der Waals surface area (Å²) in [6.45, 7) is 5.46. The third kappa shape index (κ3) is 3.56. The van der Waals surface area contributed by atoms with Crippen LogP contribution in [0.25, 0.3) is 0 Å². The number of methoxy groups -OCH3 is 1. The number of benzene rings is 1. The van der Waals surface area contributed by atoms with E-state index in [0.29, 0.717) is 17.5 Å². The van der Waals surface area contributed by atoms with Gasteiger partial charge in [-0.2, -0.15) is 0 Å². The van der Waals surface area contributed by atoms with Gasteiger partial charge in [-0.25, -0.2) is 0 Å². The van der Waals surface area contributed by atoms with E-state index < -0.39 is 0 Å². The Labute approximate surface area is 111 Å². The number of hydrogen-bond acceptors (Lipinski definition) is 2. The molecular formula is C16H25NO. The first-order chi connectivity index (χ1) is 8.61. The molecule has 0 aromatic heterocycles. The molecule has 1 aliphatic carbocycles. The van der Waals surface area contributed by atoms with Gasteiger partial charge in [-0.3, -0.25) is 0 Å². The van der Waals surface area contributed by atoms with Gasteiger partial charge in [0.15, 0.2) is 0 Å². The highest BCUT2D eigenvalue weighted by Crippen LogP contribution is 2.37. The molecule has 1 fully saturated rings. The summed E-state index contributed by atoms with van der Waals surface area (Å²) >= 11 is 0. The molecule has 2 rings (SSSR count). The minimum Gasteiger partial charge on any atom is -0.383 e. The smallest absolute Gasteiger partial charge is 0.0657 e. The van der Waals surface area contributed by atoms with Gasteiger partial charge in [-0.1, -0.05) is 44.2 Å². The molecule has 1 saturated carbocycles. The van der Waals surface area contributed by atoms with Crippen LogP contribution in [0, 0.1) is 5.41 Å². The Hall–Kier alpha value is -0.860. The van der Waals surface area contributed by atoms with Crippen LogP contribution in [0.1, 0.15) is 44.7 Å². The second-order valence-electron chi connectivity index (χ2n) is 6.19. The molecule has 1 aromatic rings. The monoisotopic (exact) mass is 247 g/mol. The molecule has 0 bridgehead atoms. The molecule has 100 valence electrons. The highest BCUT2D eigenvalue weighted by molar-refractivity contribution is 5.19. The Bertz CT molecular complexity index is 361. The molecular weight excluding hydrogens is 222 g/mol.